The molecule has 0 saturated carbocycles. The molecule has 0 fully saturated rings. The number of hydrogen-bond acceptors (Lipinski definition) is 7. The van der Waals surface area contributed by atoms with Crippen LogP contribution in [0, 0.1) is 0 Å². The zero-order chi connectivity index (χ0) is 27.2. The van der Waals surface area contributed by atoms with Gasteiger partial charge in [0, 0.05) is 11.3 Å². The summed E-state index contributed by atoms with van der Waals surface area (Å²) in [6.07, 6.45) is 0. The summed E-state index contributed by atoms with van der Waals surface area (Å²) in [5.41, 5.74) is 6.05. The average Bonchev–Trinajstić information content (AvgIpc) is 3.42. The zero-order valence-electron chi connectivity index (χ0n) is 21.8. The van der Waals surface area contributed by atoms with Crippen LogP contribution < -0.4 is 14.9 Å². The molecule has 0 aliphatic carbocycles. The topological polar surface area (TPSA) is 90.6 Å². The van der Waals surface area contributed by atoms with Crippen LogP contribution in [0.15, 0.2) is 101 Å². The number of nitrogens with zero attached hydrogens (tertiary/aromatic N) is 4. The molecule has 5 aromatic rings. The molecule has 0 atom stereocenters. The van der Waals surface area contributed by atoms with Crippen molar-refractivity contribution in [1.29, 1.82) is 0 Å². The van der Waals surface area contributed by atoms with Crippen molar-refractivity contribution in [2.45, 2.75) is 12.1 Å². The summed E-state index contributed by atoms with van der Waals surface area (Å²) in [6, 6.07) is 29.4. The first-order valence-electron chi connectivity index (χ1n) is 12.2. The van der Waals surface area contributed by atoms with Gasteiger partial charge in [-0.1, -0.05) is 48.2 Å². The van der Waals surface area contributed by atoms with E-state index in [1.807, 2.05) is 84.3 Å². The quantitative estimate of drug-likeness (QED) is 0.147. The molecule has 8 nitrogen and oxygen atoms in total. The number of methoxy groups -OCH3 is 2. The van der Waals surface area contributed by atoms with Gasteiger partial charge >= 0.3 is 0 Å². The van der Waals surface area contributed by atoms with Crippen molar-refractivity contribution in [2.75, 3.05) is 20.0 Å². The number of benzene rings is 4. The van der Waals surface area contributed by atoms with E-state index in [1.165, 1.54) is 11.8 Å². The maximum Gasteiger partial charge on any atom is 0.250 e. The Morgan fingerprint density at radius 3 is 2.23 bits per heavy atom. The van der Waals surface area contributed by atoms with E-state index in [-0.39, 0.29) is 11.7 Å². The number of amides is 1. The number of hydrazone groups is 1. The summed E-state index contributed by atoms with van der Waals surface area (Å²) in [4.78, 5) is 12.7. The number of rotatable bonds is 9. The van der Waals surface area contributed by atoms with Crippen LogP contribution in [0.4, 0.5) is 0 Å². The fourth-order valence-electron chi connectivity index (χ4n) is 4.04. The summed E-state index contributed by atoms with van der Waals surface area (Å²) >= 11 is 1.28. The average molecular weight is 538 g/mol. The van der Waals surface area contributed by atoms with Gasteiger partial charge in [-0.25, -0.2) is 5.43 Å². The molecule has 0 radical (unpaired) electrons. The zero-order valence-corrected chi connectivity index (χ0v) is 22.6. The predicted molar refractivity (Wildman–Crippen MR) is 155 cm³/mol. The number of fused-ring (bicyclic) bond motifs is 1. The first kappa shape index (κ1) is 26.0. The number of ether oxygens (including phenoxy) is 2. The molecular weight excluding hydrogens is 510 g/mol. The van der Waals surface area contributed by atoms with Gasteiger partial charge < -0.3 is 9.47 Å². The van der Waals surface area contributed by atoms with E-state index in [0.717, 1.165) is 44.8 Å². The summed E-state index contributed by atoms with van der Waals surface area (Å²) in [7, 11) is 3.25. The van der Waals surface area contributed by atoms with Gasteiger partial charge in [0.1, 0.15) is 11.5 Å². The van der Waals surface area contributed by atoms with E-state index in [1.54, 1.807) is 14.2 Å². The van der Waals surface area contributed by atoms with Gasteiger partial charge in [0.25, 0.3) is 5.91 Å². The van der Waals surface area contributed by atoms with Gasteiger partial charge in [-0.3, -0.25) is 9.36 Å². The molecule has 5 rings (SSSR count). The Labute approximate surface area is 230 Å². The van der Waals surface area contributed by atoms with Crippen LogP contribution in [0.5, 0.6) is 11.5 Å². The lowest BCUT2D eigenvalue weighted by atomic mass is 10.0. The SMILES string of the molecule is COc1ccc(-c2nnc(SCC(=O)N/N=C(\C)c3ccc4ccccc4c3)n2-c2ccc(OC)cc2)cc1. The molecule has 0 unspecified atom stereocenters. The summed E-state index contributed by atoms with van der Waals surface area (Å²) in [6.45, 7) is 1.87. The van der Waals surface area contributed by atoms with Crippen LogP contribution in [0.25, 0.3) is 27.8 Å². The van der Waals surface area contributed by atoms with E-state index in [9.17, 15) is 4.79 Å². The Morgan fingerprint density at radius 2 is 1.54 bits per heavy atom. The van der Waals surface area contributed by atoms with Crippen molar-refractivity contribution < 1.29 is 14.3 Å². The molecule has 0 aliphatic heterocycles. The van der Waals surface area contributed by atoms with Gasteiger partial charge in [0.05, 0.1) is 25.7 Å². The number of carbonyl (C=O) groups is 1. The van der Waals surface area contributed by atoms with E-state index in [2.05, 4.69) is 38.9 Å². The molecule has 9 heteroatoms. The molecule has 1 aromatic heterocycles. The number of thioether (sulfide) groups is 1. The molecule has 0 aliphatic rings. The Balaban J connectivity index is 1.34. The molecule has 4 aromatic carbocycles. The standard InChI is InChI=1S/C30H27N5O3S/c1-20(23-9-8-21-6-4-5-7-24(21)18-23)31-32-28(36)19-39-30-34-33-29(22-10-14-26(37-2)15-11-22)35(30)25-12-16-27(38-3)17-13-25/h4-18H,19H2,1-3H3,(H,32,36)/b31-20+. The highest BCUT2D eigenvalue weighted by Gasteiger charge is 2.18. The molecule has 1 N–H and O–H groups in total. The van der Waals surface area contributed by atoms with E-state index in [4.69, 9.17) is 9.47 Å². The minimum Gasteiger partial charge on any atom is -0.497 e. The normalized spacial score (nSPS) is 11.4. The largest absolute Gasteiger partial charge is 0.497 e. The monoisotopic (exact) mass is 537 g/mol. The highest BCUT2D eigenvalue weighted by atomic mass is 32.2. The van der Waals surface area contributed by atoms with Crippen molar-refractivity contribution in [3.8, 4) is 28.6 Å². The van der Waals surface area contributed by atoms with E-state index in [0.29, 0.717) is 11.0 Å². The highest BCUT2D eigenvalue weighted by Crippen LogP contribution is 2.30. The molecule has 39 heavy (non-hydrogen) atoms. The first-order valence-corrected chi connectivity index (χ1v) is 13.2. The van der Waals surface area contributed by atoms with Crippen molar-refractivity contribution in [3.63, 3.8) is 0 Å². The number of carbonyl (C=O) groups excluding carboxylic acids is 1. The fraction of sp³-hybridized carbons (Fsp3) is 0.133. The number of hydrogen-bond donors (Lipinski definition) is 1. The first-order chi connectivity index (χ1) is 19.1. The molecule has 0 saturated heterocycles. The van der Waals surface area contributed by atoms with Crippen molar-refractivity contribution in [1.82, 2.24) is 20.2 Å². The number of nitrogens with one attached hydrogen (secondary N) is 1. The van der Waals surface area contributed by atoms with Gasteiger partial charge in [-0.15, -0.1) is 10.2 Å². The maximum absolute atomic E-state index is 12.7. The molecule has 1 heterocycles. The third-order valence-electron chi connectivity index (χ3n) is 6.16. The Morgan fingerprint density at radius 1 is 0.872 bits per heavy atom. The summed E-state index contributed by atoms with van der Waals surface area (Å²) in [5, 5.41) is 16.0. The Kier molecular flexibility index (Phi) is 7.88. The second kappa shape index (κ2) is 11.8. The van der Waals surface area contributed by atoms with Crippen molar-refractivity contribution >= 4 is 34.2 Å². The lowest BCUT2D eigenvalue weighted by Crippen LogP contribution is -2.21. The lowest BCUT2D eigenvalue weighted by Gasteiger charge is -2.11. The second-order valence-electron chi connectivity index (χ2n) is 8.65. The molecule has 196 valence electrons. The van der Waals surface area contributed by atoms with Crippen LogP contribution in [0.3, 0.4) is 0 Å². The molecule has 0 spiro atoms. The van der Waals surface area contributed by atoms with Gasteiger partial charge in [-0.2, -0.15) is 5.10 Å². The highest BCUT2D eigenvalue weighted by molar-refractivity contribution is 7.99. The van der Waals surface area contributed by atoms with E-state index < -0.39 is 0 Å². The fourth-order valence-corrected chi connectivity index (χ4v) is 4.79. The molecule has 0 bridgehead atoms. The summed E-state index contributed by atoms with van der Waals surface area (Å²) < 4.78 is 12.5. The van der Waals surface area contributed by atoms with Crippen LogP contribution in [-0.2, 0) is 4.79 Å². The second-order valence-corrected chi connectivity index (χ2v) is 9.59. The Hall–Kier alpha value is -4.63. The van der Waals surface area contributed by atoms with Gasteiger partial charge in [0.15, 0.2) is 11.0 Å². The van der Waals surface area contributed by atoms with Crippen LogP contribution >= 0.6 is 11.8 Å². The van der Waals surface area contributed by atoms with Crippen LogP contribution in [0.1, 0.15) is 12.5 Å². The summed E-state index contributed by atoms with van der Waals surface area (Å²) in [5.74, 6) is 2.02. The predicted octanol–water partition coefficient (Wildman–Crippen LogP) is 5.74. The smallest absolute Gasteiger partial charge is 0.250 e. The van der Waals surface area contributed by atoms with Crippen molar-refractivity contribution in [2.24, 2.45) is 5.10 Å². The van der Waals surface area contributed by atoms with Crippen molar-refractivity contribution in [3.05, 3.63) is 96.6 Å². The van der Waals surface area contributed by atoms with Gasteiger partial charge in [0.2, 0.25) is 0 Å². The minimum atomic E-state index is -0.240. The number of aromatic nitrogens is 3. The minimum absolute atomic E-state index is 0.116. The lowest BCUT2D eigenvalue weighted by molar-refractivity contribution is -0.118. The molecular formula is C30H27N5O3S. The Bertz CT molecular complexity index is 1630. The third-order valence-corrected chi connectivity index (χ3v) is 7.09. The van der Waals surface area contributed by atoms with Gasteiger partial charge in [-0.05, 0) is 77.9 Å². The maximum atomic E-state index is 12.7. The van der Waals surface area contributed by atoms with Crippen LogP contribution in [-0.4, -0.2) is 46.4 Å². The molecule has 1 amide bonds. The van der Waals surface area contributed by atoms with E-state index >= 15 is 0 Å². The van der Waals surface area contributed by atoms with Crippen LogP contribution in [0.2, 0.25) is 0 Å². The third kappa shape index (κ3) is 5.94.